The standard InChI is InChI=1S/C17H18Cl2N2O4S/c1-11(2)9-26(23,24)10-16(22)21-14-5-3-4-6-15(14)25-17-13(19)7-12(18)8-20-17/h3-8,11H,9-10H2,1-2H3,(H,21,22). The number of amides is 1. The first-order valence-corrected chi connectivity index (χ1v) is 10.3. The number of sulfone groups is 1. The number of carbonyl (C=O) groups is 1. The number of ether oxygens (including phenoxy) is 1. The lowest BCUT2D eigenvalue weighted by Gasteiger charge is -2.13. The Labute approximate surface area is 162 Å². The topological polar surface area (TPSA) is 85.4 Å². The predicted molar refractivity (Wildman–Crippen MR) is 103 cm³/mol. The molecule has 1 amide bonds. The van der Waals surface area contributed by atoms with Crippen LogP contribution in [-0.2, 0) is 14.6 Å². The molecule has 0 aliphatic carbocycles. The van der Waals surface area contributed by atoms with Crippen LogP contribution in [0.25, 0.3) is 0 Å². The van der Waals surface area contributed by atoms with Crippen LogP contribution in [0, 0.1) is 5.92 Å². The molecule has 26 heavy (non-hydrogen) atoms. The van der Waals surface area contributed by atoms with Crippen molar-refractivity contribution in [2.45, 2.75) is 13.8 Å². The Morgan fingerprint density at radius 2 is 1.96 bits per heavy atom. The molecule has 1 aromatic carbocycles. The summed E-state index contributed by atoms with van der Waals surface area (Å²) in [6, 6.07) is 8.05. The normalized spacial score (nSPS) is 11.4. The third-order valence-corrected chi connectivity index (χ3v) is 5.43. The molecule has 140 valence electrons. The van der Waals surface area contributed by atoms with Gasteiger partial charge in [-0.25, -0.2) is 13.4 Å². The second kappa shape index (κ2) is 8.70. The predicted octanol–water partition coefficient (Wildman–Crippen LogP) is 4.19. The minimum atomic E-state index is -3.48. The molecule has 1 N–H and O–H groups in total. The van der Waals surface area contributed by atoms with E-state index in [4.69, 9.17) is 27.9 Å². The van der Waals surface area contributed by atoms with E-state index in [9.17, 15) is 13.2 Å². The van der Waals surface area contributed by atoms with Crippen LogP contribution in [-0.4, -0.2) is 30.8 Å². The van der Waals surface area contributed by atoms with Gasteiger partial charge >= 0.3 is 0 Å². The molecule has 0 atom stereocenters. The van der Waals surface area contributed by atoms with E-state index in [1.54, 1.807) is 38.1 Å². The lowest BCUT2D eigenvalue weighted by Crippen LogP contribution is -2.26. The number of hydrogen-bond acceptors (Lipinski definition) is 5. The third kappa shape index (κ3) is 6.16. The fourth-order valence-corrected chi connectivity index (χ4v) is 4.22. The average Bonchev–Trinajstić information content (AvgIpc) is 2.49. The fourth-order valence-electron chi connectivity index (χ4n) is 2.19. The maximum atomic E-state index is 12.1. The van der Waals surface area contributed by atoms with E-state index < -0.39 is 21.5 Å². The van der Waals surface area contributed by atoms with E-state index in [-0.39, 0.29) is 28.3 Å². The maximum Gasteiger partial charge on any atom is 0.239 e. The number of benzene rings is 1. The van der Waals surface area contributed by atoms with Crippen molar-refractivity contribution in [1.29, 1.82) is 0 Å². The third-order valence-electron chi connectivity index (χ3n) is 3.08. The highest BCUT2D eigenvalue weighted by Gasteiger charge is 2.19. The van der Waals surface area contributed by atoms with E-state index in [0.717, 1.165) is 0 Å². The molecule has 0 spiro atoms. The summed E-state index contributed by atoms with van der Waals surface area (Å²) in [4.78, 5) is 16.1. The van der Waals surface area contributed by atoms with Gasteiger partial charge in [0.2, 0.25) is 11.8 Å². The van der Waals surface area contributed by atoms with Crippen molar-refractivity contribution in [3.63, 3.8) is 0 Å². The molecular formula is C17H18Cl2N2O4S. The van der Waals surface area contributed by atoms with E-state index in [0.29, 0.717) is 10.7 Å². The Balaban J connectivity index is 2.15. The molecular weight excluding hydrogens is 399 g/mol. The number of pyridine rings is 1. The second-order valence-corrected chi connectivity index (χ2v) is 8.99. The summed E-state index contributed by atoms with van der Waals surface area (Å²) in [5.74, 6) is -0.954. The summed E-state index contributed by atoms with van der Waals surface area (Å²) >= 11 is 11.8. The summed E-state index contributed by atoms with van der Waals surface area (Å²) in [7, 11) is -3.48. The molecule has 2 rings (SSSR count). The summed E-state index contributed by atoms with van der Waals surface area (Å²) in [5, 5.41) is 3.12. The van der Waals surface area contributed by atoms with Gasteiger partial charge in [0.15, 0.2) is 15.6 Å². The minimum absolute atomic E-state index is 0.0527. The number of nitrogens with zero attached hydrogens (tertiary/aromatic N) is 1. The minimum Gasteiger partial charge on any atom is -0.435 e. The van der Waals surface area contributed by atoms with Crippen LogP contribution in [0.15, 0.2) is 36.5 Å². The number of para-hydroxylation sites is 2. The molecule has 0 unspecified atom stereocenters. The number of anilines is 1. The highest BCUT2D eigenvalue weighted by Crippen LogP contribution is 2.33. The number of aromatic nitrogens is 1. The van der Waals surface area contributed by atoms with Crippen LogP contribution in [0.2, 0.25) is 10.0 Å². The highest BCUT2D eigenvalue weighted by atomic mass is 35.5. The van der Waals surface area contributed by atoms with Crippen LogP contribution in [0.1, 0.15) is 13.8 Å². The van der Waals surface area contributed by atoms with Crippen LogP contribution in [0.4, 0.5) is 5.69 Å². The van der Waals surface area contributed by atoms with Crippen molar-refractivity contribution in [2.75, 3.05) is 16.8 Å². The molecule has 0 saturated carbocycles. The molecule has 0 aliphatic rings. The molecule has 0 bridgehead atoms. The fraction of sp³-hybridized carbons (Fsp3) is 0.294. The van der Waals surface area contributed by atoms with Crippen molar-refractivity contribution in [3.8, 4) is 11.6 Å². The van der Waals surface area contributed by atoms with Gasteiger partial charge in [0.25, 0.3) is 0 Å². The second-order valence-electron chi connectivity index (χ2n) is 6.04. The van der Waals surface area contributed by atoms with Crippen LogP contribution in [0.5, 0.6) is 11.6 Å². The van der Waals surface area contributed by atoms with Gasteiger partial charge in [0, 0.05) is 6.20 Å². The van der Waals surface area contributed by atoms with Gasteiger partial charge in [0.05, 0.1) is 16.5 Å². The Morgan fingerprint density at radius 1 is 1.27 bits per heavy atom. The number of hydrogen-bond donors (Lipinski definition) is 1. The largest absolute Gasteiger partial charge is 0.435 e. The Kier molecular flexibility index (Phi) is 6.86. The Morgan fingerprint density at radius 3 is 2.62 bits per heavy atom. The molecule has 1 heterocycles. The Hall–Kier alpha value is -1.83. The van der Waals surface area contributed by atoms with Crippen LogP contribution < -0.4 is 10.1 Å². The lowest BCUT2D eigenvalue weighted by atomic mass is 10.3. The van der Waals surface area contributed by atoms with Crippen molar-refractivity contribution in [2.24, 2.45) is 5.92 Å². The van der Waals surface area contributed by atoms with E-state index >= 15 is 0 Å². The molecule has 1 aromatic heterocycles. The van der Waals surface area contributed by atoms with Crippen LogP contribution in [0.3, 0.4) is 0 Å². The Bertz CT molecular complexity index is 901. The molecule has 6 nitrogen and oxygen atoms in total. The van der Waals surface area contributed by atoms with Gasteiger partial charge in [-0.15, -0.1) is 0 Å². The number of halogens is 2. The van der Waals surface area contributed by atoms with Gasteiger partial charge in [0.1, 0.15) is 10.8 Å². The SMILES string of the molecule is CC(C)CS(=O)(=O)CC(=O)Nc1ccccc1Oc1ncc(Cl)cc1Cl. The van der Waals surface area contributed by atoms with E-state index in [2.05, 4.69) is 10.3 Å². The maximum absolute atomic E-state index is 12.1. The molecule has 0 aliphatic heterocycles. The van der Waals surface area contributed by atoms with Gasteiger partial charge in [-0.05, 0) is 24.1 Å². The average molecular weight is 417 g/mol. The smallest absolute Gasteiger partial charge is 0.239 e. The number of nitrogens with one attached hydrogen (secondary N) is 1. The van der Waals surface area contributed by atoms with Crippen molar-refractivity contribution in [1.82, 2.24) is 4.98 Å². The highest BCUT2D eigenvalue weighted by molar-refractivity contribution is 7.92. The number of carbonyl (C=O) groups excluding carboxylic acids is 1. The zero-order chi connectivity index (χ0) is 19.3. The first-order chi connectivity index (χ1) is 12.2. The first kappa shape index (κ1) is 20.5. The summed E-state index contributed by atoms with van der Waals surface area (Å²) in [6.07, 6.45) is 1.38. The molecule has 0 fully saturated rings. The zero-order valence-electron chi connectivity index (χ0n) is 14.2. The lowest BCUT2D eigenvalue weighted by molar-refractivity contribution is -0.113. The number of rotatable bonds is 7. The molecule has 0 saturated heterocycles. The molecule has 0 radical (unpaired) electrons. The first-order valence-electron chi connectivity index (χ1n) is 7.74. The molecule has 2 aromatic rings. The van der Waals surface area contributed by atoms with Crippen molar-refractivity contribution >= 4 is 44.6 Å². The zero-order valence-corrected chi connectivity index (χ0v) is 16.5. The summed E-state index contributed by atoms with van der Waals surface area (Å²) in [5.41, 5.74) is 0.310. The summed E-state index contributed by atoms with van der Waals surface area (Å²) in [6.45, 7) is 3.56. The van der Waals surface area contributed by atoms with Gasteiger partial charge < -0.3 is 10.1 Å². The quantitative estimate of drug-likeness (QED) is 0.730. The van der Waals surface area contributed by atoms with Gasteiger partial charge in [-0.1, -0.05) is 49.2 Å². The van der Waals surface area contributed by atoms with Gasteiger partial charge in [-0.3, -0.25) is 4.79 Å². The van der Waals surface area contributed by atoms with Gasteiger partial charge in [-0.2, -0.15) is 0 Å². The van der Waals surface area contributed by atoms with Crippen molar-refractivity contribution < 1.29 is 17.9 Å². The van der Waals surface area contributed by atoms with E-state index in [1.807, 2.05) is 0 Å². The monoisotopic (exact) mass is 416 g/mol. The van der Waals surface area contributed by atoms with Crippen LogP contribution >= 0.6 is 23.2 Å². The van der Waals surface area contributed by atoms with Crippen molar-refractivity contribution in [3.05, 3.63) is 46.6 Å². The van der Waals surface area contributed by atoms with E-state index in [1.165, 1.54) is 12.3 Å². The summed E-state index contributed by atoms with van der Waals surface area (Å²) < 4.78 is 29.5. The molecule has 9 heteroatoms.